The van der Waals surface area contributed by atoms with Gasteiger partial charge in [-0.15, -0.1) is 0 Å². The van der Waals surface area contributed by atoms with Crippen LogP contribution in [-0.4, -0.2) is 17.2 Å². The van der Waals surface area contributed by atoms with Crippen LogP contribution in [0.5, 0.6) is 5.75 Å². The second-order valence-electron chi connectivity index (χ2n) is 6.39. The molecule has 0 aromatic heterocycles. The Morgan fingerprint density at radius 3 is 2.46 bits per heavy atom. The lowest BCUT2D eigenvalue weighted by Crippen LogP contribution is -2.16. The van der Waals surface area contributed by atoms with E-state index in [-0.39, 0.29) is 6.10 Å². The molecule has 2 rings (SSSR count). The van der Waals surface area contributed by atoms with E-state index in [2.05, 4.69) is 0 Å². The molecule has 0 saturated heterocycles. The number of rotatable bonds is 6. The third-order valence-electron chi connectivity index (χ3n) is 3.91. The first kappa shape index (κ1) is 18.3. The SMILES string of the molecule is Cc1ccc(C)c(C(Cc2ccc(OC(C)C)c(Cl)c2)C(=O)O)c1. The normalized spacial score (nSPS) is 12.2. The Kier molecular flexibility index (Phi) is 5.89. The summed E-state index contributed by atoms with van der Waals surface area (Å²) in [6, 6.07) is 11.4. The number of carboxylic acid groups (broad SMARTS) is 1. The molecule has 1 atom stereocenters. The number of ether oxygens (including phenoxy) is 1. The van der Waals surface area contributed by atoms with Crippen LogP contribution in [0.1, 0.15) is 42.0 Å². The minimum absolute atomic E-state index is 0.0371. The van der Waals surface area contributed by atoms with E-state index in [1.165, 1.54) is 0 Å². The predicted molar refractivity (Wildman–Crippen MR) is 97.2 cm³/mol. The first-order valence-corrected chi connectivity index (χ1v) is 8.40. The van der Waals surface area contributed by atoms with E-state index in [1.54, 1.807) is 12.1 Å². The molecule has 0 radical (unpaired) electrons. The van der Waals surface area contributed by atoms with Crippen LogP contribution in [0.2, 0.25) is 5.02 Å². The first-order chi connectivity index (χ1) is 11.3. The molecule has 0 aliphatic rings. The van der Waals surface area contributed by atoms with Crippen molar-refractivity contribution in [2.24, 2.45) is 0 Å². The molecule has 0 bridgehead atoms. The zero-order chi connectivity index (χ0) is 17.9. The fraction of sp³-hybridized carbons (Fsp3) is 0.350. The van der Waals surface area contributed by atoms with E-state index < -0.39 is 11.9 Å². The summed E-state index contributed by atoms with van der Waals surface area (Å²) in [5.41, 5.74) is 3.77. The topological polar surface area (TPSA) is 46.5 Å². The lowest BCUT2D eigenvalue weighted by atomic mass is 9.88. The molecule has 128 valence electrons. The van der Waals surface area contributed by atoms with Gasteiger partial charge in [0.1, 0.15) is 5.75 Å². The fourth-order valence-corrected chi connectivity index (χ4v) is 2.97. The molecule has 0 heterocycles. The van der Waals surface area contributed by atoms with Crippen molar-refractivity contribution in [3.05, 3.63) is 63.7 Å². The number of carboxylic acids is 1. The standard InChI is InChI=1S/C20H23ClO3/c1-12(2)24-19-8-7-15(11-18(19)21)10-17(20(22)23)16-9-13(3)5-6-14(16)4/h5-9,11-12,17H,10H2,1-4H3,(H,22,23). The van der Waals surface area contributed by atoms with Crippen LogP contribution in [0, 0.1) is 13.8 Å². The lowest BCUT2D eigenvalue weighted by molar-refractivity contribution is -0.138. The molecule has 0 aliphatic heterocycles. The summed E-state index contributed by atoms with van der Waals surface area (Å²) >= 11 is 6.27. The van der Waals surface area contributed by atoms with E-state index in [0.717, 1.165) is 22.3 Å². The molecule has 1 unspecified atom stereocenters. The summed E-state index contributed by atoms with van der Waals surface area (Å²) in [7, 11) is 0. The summed E-state index contributed by atoms with van der Waals surface area (Å²) in [6.45, 7) is 7.78. The van der Waals surface area contributed by atoms with Crippen LogP contribution >= 0.6 is 11.6 Å². The van der Waals surface area contributed by atoms with Gasteiger partial charge in [0.2, 0.25) is 0 Å². The first-order valence-electron chi connectivity index (χ1n) is 8.03. The van der Waals surface area contributed by atoms with Crippen LogP contribution in [-0.2, 0) is 11.2 Å². The van der Waals surface area contributed by atoms with Crippen LogP contribution in [0.15, 0.2) is 36.4 Å². The van der Waals surface area contributed by atoms with Gasteiger partial charge in [-0.1, -0.05) is 41.4 Å². The van der Waals surface area contributed by atoms with Gasteiger partial charge in [-0.2, -0.15) is 0 Å². The number of halogens is 1. The van der Waals surface area contributed by atoms with Crippen molar-refractivity contribution in [2.75, 3.05) is 0 Å². The lowest BCUT2D eigenvalue weighted by Gasteiger charge is -2.17. The number of aliphatic carboxylic acids is 1. The highest BCUT2D eigenvalue weighted by molar-refractivity contribution is 6.32. The maximum absolute atomic E-state index is 11.8. The molecular formula is C20H23ClO3. The van der Waals surface area contributed by atoms with E-state index in [0.29, 0.717) is 17.2 Å². The Labute approximate surface area is 148 Å². The second kappa shape index (κ2) is 7.71. The predicted octanol–water partition coefficient (Wildman–Crippen LogP) is 5.15. The Morgan fingerprint density at radius 2 is 1.88 bits per heavy atom. The highest BCUT2D eigenvalue weighted by Crippen LogP contribution is 2.30. The fourth-order valence-electron chi connectivity index (χ4n) is 2.72. The zero-order valence-corrected chi connectivity index (χ0v) is 15.2. The van der Waals surface area contributed by atoms with Crippen molar-refractivity contribution in [1.29, 1.82) is 0 Å². The summed E-state index contributed by atoms with van der Waals surface area (Å²) < 4.78 is 5.62. The highest BCUT2D eigenvalue weighted by atomic mass is 35.5. The second-order valence-corrected chi connectivity index (χ2v) is 6.79. The summed E-state index contributed by atoms with van der Waals surface area (Å²) in [5.74, 6) is -0.811. The van der Waals surface area contributed by atoms with E-state index in [4.69, 9.17) is 16.3 Å². The maximum atomic E-state index is 11.8. The van der Waals surface area contributed by atoms with Crippen molar-refractivity contribution in [3.63, 3.8) is 0 Å². The van der Waals surface area contributed by atoms with Crippen molar-refractivity contribution < 1.29 is 14.6 Å². The summed E-state index contributed by atoms with van der Waals surface area (Å²) in [4.78, 5) is 11.8. The molecule has 0 fully saturated rings. The van der Waals surface area contributed by atoms with E-state index in [9.17, 15) is 9.90 Å². The van der Waals surface area contributed by atoms with Gasteiger partial charge in [0.05, 0.1) is 17.0 Å². The molecule has 3 nitrogen and oxygen atoms in total. The molecule has 0 aliphatic carbocycles. The molecule has 0 spiro atoms. The zero-order valence-electron chi connectivity index (χ0n) is 14.5. The third kappa shape index (κ3) is 4.51. The van der Waals surface area contributed by atoms with E-state index >= 15 is 0 Å². The number of carbonyl (C=O) groups is 1. The van der Waals surface area contributed by atoms with Crippen LogP contribution in [0.25, 0.3) is 0 Å². The summed E-state index contributed by atoms with van der Waals surface area (Å²) in [5, 5.41) is 10.2. The van der Waals surface area contributed by atoms with Crippen molar-refractivity contribution in [1.82, 2.24) is 0 Å². The monoisotopic (exact) mass is 346 g/mol. The van der Waals surface area contributed by atoms with E-state index in [1.807, 2.05) is 52.0 Å². The number of hydrogen-bond acceptors (Lipinski definition) is 2. The van der Waals surface area contributed by atoms with Crippen molar-refractivity contribution in [3.8, 4) is 5.75 Å². The van der Waals surface area contributed by atoms with Gasteiger partial charge in [0.15, 0.2) is 0 Å². The Hall–Kier alpha value is -2.00. The molecule has 0 amide bonds. The Morgan fingerprint density at radius 1 is 1.17 bits per heavy atom. The van der Waals surface area contributed by atoms with Gasteiger partial charge >= 0.3 is 5.97 Å². The summed E-state index contributed by atoms with van der Waals surface area (Å²) in [6.07, 6.45) is 0.427. The van der Waals surface area contributed by atoms with Gasteiger partial charge in [-0.3, -0.25) is 4.79 Å². The molecule has 2 aromatic rings. The maximum Gasteiger partial charge on any atom is 0.311 e. The Balaban J connectivity index is 2.30. The largest absolute Gasteiger partial charge is 0.489 e. The third-order valence-corrected chi connectivity index (χ3v) is 4.20. The molecule has 24 heavy (non-hydrogen) atoms. The van der Waals surface area contributed by atoms with Gasteiger partial charge in [-0.05, 0) is 62.9 Å². The molecule has 4 heteroatoms. The van der Waals surface area contributed by atoms with Crippen LogP contribution in [0.3, 0.4) is 0 Å². The number of aryl methyl sites for hydroxylation is 2. The van der Waals surface area contributed by atoms with Gasteiger partial charge < -0.3 is 9.84 Å². The van der Waals surface area contributed by atoms with Crippen LogP contribution in [0.4, 0.5) is 0 Å². The molecular weight excluding hydrogens is 324 g/mol. The van der Waals surface area contributed by atoms with Gasteiger partial charge in [0, 0.05) is 0 Å². The molecule has 2 aromatic carbocycles. The average Bonchev–Trinajstić information content (AvgIpc) is 2.49. The number of benzene rings is 2. The van der Waals surface area contributed by atoms with Crippen LogP contribution < -0.4 is 4.74 Å². The van der Waals surface area contributed by atoms with Gasteiger partial charge in [-0.25, -0.2) is 0 Å². The highest BCUT2D eigenvalue weighted by Gasteiger charge is 2.22. The minimum Gasteiger partial charge on any atom is -0.489 e. The minimum atomic E-state index is -0.831. The smallest absolute Gasteiger partial charge is 0.311 e. The quantitative estimate of drug-likeness (QED) is 0.786. The van der Waals surface area contributed by atoms with Crippen molar-refractivity contribution in [2.45, 2.75) is 46.1 Å². The molecule has 1 N–H and O–H groups in total. The van der Waals surface area contributed by atoms with Crippen molar-refractivity contribution >= 4 is 17.6 Å². The van der Waals surface area contributed by atoms with Gasteiger partial charge in [0.25, 0.3) is 0 Å². The molecule has 0 saturated carbocycles. The Bertz CT molecular complexity index is 738. The number of hydrogen-bond donors (Lipinski definition) is 1. The average molecular weight is 347 g/mol.